The molecule has 1 aliphatic heterocycles. The van der Waals surface area contributed by atoms with Gasteiger partial charge in [-0.05, 0) is 62.4 Å². The molecule has 0 aromatic heterocycles. The smallest absolute Gasteiger partial charge is 0.313 e. The Morgan fingerprint density at radius 3 is 2.52 bits per heavy atom. The van der Waals surface area contributed by atoms with Crippen LogP contribution >= 0.6 is 0 Å². The summed E-state index contributed by atoms with van der Waals surface area (Å²) in [4.78, 5) is 38.7. The molecule has 154 valence electrons. The topological polar surface area (TPSA) is 60.4 Å². The Balaban J connectivity index is 1.73. The summed E-state index contributed by atoms with van der Waals surface area (Å²) in [5, 5.41) is 0. The van der Waals surface area contributed by atoms with Crippen molar-refractivity contribution in [3.05, 3.63) is 48.1 Å². The minimum absolute atomic E-state index is 0.0391. The lowest BCUT2D eigenvalue weighted by molar-refractivity contribution is -0.151. The minimum atomic E-state index is -0.705. The van der Waals surface area contributed by atoms with Crippen LogP contribution in [0.4, 0.5) is 0 Å². The number of hydrogen-bond donors (Lipinski definition) is 0. The molecule has 8 atom stereocenters. The second-order valence-corrected chi connectivity index (χ2v) is 9.27. The first kappa shape index (κ1) is 20.1. The Morgan fingerprint density at radius 2 is 1.72 bits per heavy atom. The molecule has 4 rings (SSSR count). The molecular weight excluding hydrogens is 364 g/mol. The van der Waals surface area contributed by atoms with Gasteiger partial charge in [-0.25, -0.2) is 0 Å². The fourth-order valence-electron chi connectivity index (χ4n) is 6.01. The predicted molar refractivity (Wildman–Crippen MR) is 111 cm³/mol. The quantitative estimate of drug-likeness (QED) is 0.350. The maximum atomic E-state index is 13.6. The summed E-state index contributed by atoms with van der Waals surface area (Å²) in [7, 11) is 0. The fourth-order valence-corrected chi connectivity index (χ4v) is 6.01. The van der Waals surface area contributed by atoms with Gasteiger partial charge in [0.15, 0.2) is 5.78 Å². The van der Waals surface area contributed by atoms with Crippen molar-refractivity contribution in [2.45, 2.75) is 46.1 Å². The van der Waals surface area contributed by atoms with Gasteiger partial charge in [0.2, 0.25) is 0 Å². The van der Waals surface area contributed by atoms with Gasteiger partial charge >= 0.3 is 5.97 Å². The summed E-state index contributed by atoms with van der Waals surface area (Å²) in [6, 6.07) is 0. The molecule has 0 aromatic rings. The Hall–Kier alpha value is -2.23. The second kappa shape index (κ2) is 7.89. The number of allylic oxidation sites excluding steroid dienone is 7. The van der Waals surface area contributed by atoms with E-state index in [2.05, 4.69) is 38.2 Å². The maximum Gasteiger partial charge on any atom is 0.313 e. The molecule has 2 bridgehead atoms. The maximum absolute atomic E-state index is 13.6. The SMILES string of the molecule is CC1=CC(C)C2C(C=C[C@@H]3C2C(=O)[C@@H]2C[C@@H]3/C=C\C=C\C(C)OC(=O)CC2=O)C1. The minimum Gasteiger partial charge on any atom is -0.458 e. The van der Waals surface area contributed by atoms with E-state index in [1.807, 2.05) is 18.2 Å². The second-order valence-electron chi connectivity index (χ2n) is 9.27. The third kappa shape index (κ3) is 3.82. The first-order valence-electron chi connectivity index (χ1n) is 10.8. The molecular formula is C25H30O4. The van der Waals surface area contributed by atoms with Gasteiger partial charge in [0.05, 0.1) is 5.92 Å². The zero-order chi connectivity index (χ0) is 20.7. The van der Waals surface area contributed by atoms with E-state index in [1.54, 1.807) is 6.92 Å². The van der Waals surface area contributed by atoms with Gasteiger partial charge < -0.3 is 4.74 Å². The number of ether oxygens (including phenoxy) is 1. The monoisotopic (exact) mass is 394 g/mol. The molecule has 3 aliphatic carbocycles. The fraction of sp³-hybridized carbons (Fsp3) is 0.560. The van der Waals surface area contributed by atoms with Crippen LogP contribution in [-0.2, 0) is 19.1 Å². The number of Topliss-reactive ketones (excluding diaryl/α,β-unsaturated/α-hetero) is 2. The molecule has 0 saturated heterocycles. The van der Waals surface area contributed by atoms with Gasteiger partial charge in [-0.15, -0.1) is 0 Å². The van der Waals surface area contributed by atoms with Crippen molar-refractivity contribution in [3.63, 3.8) is 0 Å². The normalized spacial score (nSPS) is 44.4. The highest BCUT2D eigenvalue weighted by Crippen LogP contribution is 2.52. The summed E-state index contributed by atoms with van der Waals surface area (Å²) in [5.74, 6) is -0.532. The highest BCUT2D eigenvalue weighted by atomic mass is 16.5. The molecule has 0 N–H and O–H groups in total. The van der Waals surface area contributed by atoms with E-state index < -0.39 is 18.0 Å². The molecule has 1 saturated carbocycles. The van der Waals surface area contributed by atoms with Gasteiger partial charge in [0.25, 0.3) is 0 Å². The summed E-state index contributed by atoms with van der Waals surface area (Å²) in [5.41, 5.74) is 1.37. The van der Waals surface area contributed by atoms with Crippen molar-refractivity contribution >= 4 is 17.5 Å². The number of carbonyl (C=O) groups is 3. The van der Waals surface area contributed by atoms with E-state index in [0.29, 0.717) is 18.3 Å². The zero-order valence-electron chi connectivity index (χ0n) is 17.4. The van der Waals surface area contributed by atoms with Crippen LogP contribution < -0.4 is 0 Å². The van der Waals surface area contributed by atoms with Crippen molar-refractivity contribution in [3.8, 4) is 0 Å². The van der Waals surface area contributed by atoms with E-state index in [-0.39, 0.29) is 41.7 Å². The van der Waals surface area contributed by atoms with Gasteiger partial charge in [-0.1, -0.05) is 49.0 Å². The van der Waals surface area contributed by atoms with Crippen LogP contribution in [0.15, 0.2) is 48.1 Å². The Morgan fingerprint density at radius 1 is 0.966 bits per heavy atom. The number of rotatable bonds is 0. The molecule has 0 spiro atoms. The summed E-state index contributed by atoms with van der Waals surface area (Å²) in [6.07, 6.45) is 15.4. The first-order chi connectivity index (χ1) is 13.8. The van der Waals surface area contributed by atoms with Gasteiger partial charge in [-0.2, -0.15) is 0 Å². The van der Waals surface area contributed by atoms with Gasteiger partial charge in [0, 0.05) is 5.92 Å². The van der Waals surface area contributed by atoms with Crippen LogP contribution in [-0.4, -0.2) is 23.6 Å². The molecule has 1 fully saturated rings. The molecule has 0 radical (unpaired) electrons. The number of hydrogen-bond acceptors (Lipinski definition) is 4. The number of fused-ring (bicyclic) bond motifs is 6. The third-order valence-corrected chi connectivity index (χ3v) is 7.17. The third-order valence-electron chi connectivity index (χ3n) is 7.17. The summed E-state index contributed by atoms with van der Waals surface area (Å²) in [6.45, 7) is 6.12. The number of ketones is 2. The van der Waals surface area contributed by atoms with E-state index in [9.17, 15) is 14.4 Å². The standard InChI is InChI=1S/C25H30O4/c1-14-10-15(2)23-18(11-14)8-9-19-17-7-5-4-6-16(3)29-22(27)13-21(26)20(12-17)25(28)24(19)23/h4-10,15-20,23-24H,11-13H2,1-3H3/b6-4+,7-5-/t15?,16?,17-,18?,19-,20+,23?,24?/m0/s1. The molecule has 1 heterocycles. The van der Waals surface area contributed by atoms with Crippen molar-refractivity contribution in [1.82, 2.24) is 0 Å². The lowest BCUT2D eigenvalue weighted by Crippen LogP contribution is -2.51. The number of carbonyl (C=O) groups excluding carboxylic acids is 3. The lowest BCUT2D eigenvalue weighted by atomic mass is 9.53. The van der Waals surface area contributed by atoms with E-state index >= 15 is 0 Å². The molecule has 5 unspecified atom stereocenters. The van der Waals surface area contributed by atoms with Crippen molar-refractivity contribution in [2.24, 2.45) is 41.4 Å². The Kier molecular flexibility index (Phi) is 5.46. The zero-order valence-corrected chi connectivity index (χ0v) is 17.4. The summed E-state index contributed by atoms with van der Waals surface area (Å²) < 4.78 is 5.28. The lowest BCUT2D eigenvalue weighted by Gasteiger charge is -2.49. The van der Waals surface area contributed by atoms with E-state index in [4.69, 9.17) is 4.74 Å². The highest BCUT2D eigenvalue weighted by molar-refractivity contribution is 6.09. The van der Waals surface area contributed by atoms with Crippen molar-refractivity contribution in [1.29, 1.82) is 0 Å². The van der Waals surface area contributed by atoms with E-state index in [0.717, 1.165) is 6.42 Å². The average molecular weight is 395 g/mol. The highest BCUT2D eigenvalue weighted by Gasteiger charge is 2.52. The molecule has 0 amide bonds. The van der Waals surface area contributed by atoms with Crippen LogP contribution in [0.5, 0.6) is 0 Å². The van der Waals surface area contributed by atoms with Crippen LogP contribution in [0.25, 0.3) is 0 Å². The van der Waals surface area contributed by atoms with E-state index in [1.165, 1.54) is 5.57 Å². The first-order valence-corrected chi connectivity index (χ1v) is 10.8. The van der Waals surface area contributed by atoms with Crippen molar-refractivity contribution in [2.75, 3.05) is 0 Å². The predicted octanol–water partition coefficient (Wildman–Crippen LogP) is 4.23. The average Bonchev–Trinajstić information content (AvgIpc) is 2.64. The molecule has 29 heavy (non-hydrogen) atoms. The van der Waals surface area contributed by atoms with Crippen LogP contribution in [0.2, 0.25) is 0 Å². The largest absolute Gasteiger partial charge is 0.458 e. The van der Waals surface area contributed by atoms with Crippen LogP contribution in [0.1, 0.15) is 40.0 Å². The van der Waals surface area contributed by atoms with Crippen molar-refractivity contribution < 1.29 is 19.1 Å². The Labute approximate surface area is 172 Å². The summed E-state index contributed by atoms with van der Waals surface area (Å²) >= 11 is 0. The molecule has 0 aromatic carbocycles. The van der Waals surface area contributed by atoms with Gasteiger partial charge in [-0.3, -0.25) is 14.4 Å². The van der Waals surface area contributed by atoms with Crippen LogP contribution in [0.3, 0.4) is 0 Å². The number of esters is 1. The molecule has 4 heteroatoms. The number of cyclic esters (lactones) is 1. The Bertz CT molecular complexity index is 830. The molecule has 4 aliphatic rings. The molecule has 4 nitrogen and oxygen atoms in total. The van der Waals surface area contributed by atoms with Gasteiger partial charge in [0.1, 0.15) is 18.3 Å². The van der Waals surface area contributed by atoms with Crippen LogP contribution in [0, 0.1) is 41.4 Å².